The monoisotopic (exact) mass is 313 g/mol. The van der Waals surface area contributed by atoms with Crippen LogP contribution in [0.2, 0.25) is 0 Å². The van der Waals surface area contributed by atoms with Gasteiger partial charge in [-0.15, -0.1) is 0 Å². The van der Waals surface area contributed by atoms with Crippen molar-refractivity contribution in [3.05, 3.63) is 50.8 Å². The Morgan fingerprint density at radius 2 is 1.95 bits per heavy atom. The van der Waals surface area contributed by atoms with Gasteiger partial charge >= 0.3 is 0 Å². The zero-order valence-electron chi connectivity index (χ0n) is 11.0. The predicted octanol–water partition coefficient (Wildman–Crippen LogP) is 2.24. The molecule has 0 saturated carbocycles. The van der Waals surface area contributed by atoms with Gasteiger partial charge in [0.05, 0.1) is 5.39 Å². The Morgan fingerprint density at radius 3 is 2.59 bits per heavy atom. The number of aromatic amines is 2. The minimum absolute atomic E-state index is 0.0365. The van der Waals surface area contributed by atoms with Crippen molar-refractivity contribution in [3.63, 3.8) is 0 Å². The number of rotatable bonds is 1. The molecule has 3 rings (SSSR count). The fraction of sp³-hybridized carbons (Fsp3) is 0. The Kier molecular flexibility index (Phi) is 3.19. The summed E-state index contributed by atoms with van der Waals surface area (Å²) >= 11 is 4.90. The van der Waals surface area contributed by atoms with E-state index in [2.05, 4.69) is 15.0 Å². The van der Waals surface area contributed by atoms with Crippen LogP contribution in [0.15, 0.2) is 29.1 Å². The second kappa shape index (κ2) is 5.05. The molecular weight excluding hydrogens is 305 g/mol. The van der Waals surface area contributed by atoms with Crippen LogP contribution >= 0.6 is 12.2 Å². The van der Waals surface area contributed by atoms with Crippen LogP contribution in [-0.2, 0) is 0 Å². The smallest absolute Gasteiger partial charge is 0.261 e. The van der Waals surface area contributed by atoms with Crippen LogP contribution in [0.25, 0.3) is 22.2 Å². The number of aromatic nitrogens is 3. The van der Waals surface area contributed by atoms with Gasteiger partial charge in [-0.25, -0.2) is 9.37 Å². The first-order valence-electron chi connectivity index (χ1n) is 6.13. The molecular formula is C14H8FN5OS. The number of nitrogens with zero attached hydrogens (tertiary/aromatic N) is 2. The molecule has 0 radical (unpaired) electrons. The van der Waals surface area contributed by atoms with Crippen LogP contribution < -0.4 is 11.3 Å². The first-order valence-corrected chi connectivity index (χ1v) is 6.54. The Bertz CT molecular complexity index is 1050. The highest BCUT2D eigenvalue weighted by Gasteiger charge is 2.18. The summed E-state index contributed by atoms with van der Waals surface area (Å²) in [4.78, 5) is 21.4. The third-order valence-corrected chi connectivity index (χ3v) is 3.36. The molecule has 0 fully saturated rings. The number of nitriles is 1. The second-order valence-corrected chi connectivity index (χ2v) is 4.91. The maximum atomic E-state index is 13.1. The molecule has 0 atom stereocenters. The molecule has 4 N–H and O–H groups in total. The average molecular weight is 313 g/mol. The van der Waals surface area contributed by atoms with Gasteiger partial charge in [0.25, 0.3) is 5.56 Å². The summed E-state index contributed by atoms with van der Waals surface area (Å²) in [6.45, 7) is 0. The molecule has 8 heteroatoms. The highest BCUT2D eigenvalue weighted by atomic mass is 32.1. The van der Waals surface area contributed by atoms with Crippen molar-refractivity contribution in [2.24, 2.45) is 0 Å². The number of pyridine rings is 1. The number of H-pyrrole nitrogens is 2. The number of hydrogen-bond donors (Lipinski definition) is 3. The van der Waals surface area contributed by atoms with Crippen molar-refractivity contribution in [2.45, 2.75) is 0 Å². The minimum atomic E-state index is -0.498. The fourth-order valence-corrected chi connectivity index (χ4v) is 2.43. The van der Waals surface area contributed by atoms with E-state index in [0.29, 0.717) is 5.56 Å². The van der Waals surface area contributed by atoms with Crippen LogP contribution in [0, 0.1) is 21.9 Å². The number of anilines is 1. The third-order valence-electron chi connectivity index (χ3n) is 3.16. The van der Waals surface area contributed by atoms with E-state index < -0.39 is 11.4 Å². The van der Waals surface area contributed by atoms with Gasteiger partial charge < -0.3 is 10.7 Å². The lowest BCUT2D eigenvalue weighted by Crippen LogP contribution is -2.12. The Labute approximate surface area is 128 Å². The third kappa shape index (κ3) is 2.13. The average Bonchev–Trinajstić information content (AvgIpc) is 2.46. The molecule has 0 aliphatic rings. The summed E-state index contributed by atoms with van der Waals surface area (Å²) in [6, 6.07) is 7.33. The van der Waals surface area contributed by atoms with Gasteiger partial charge in [-0.3, -0.25) is 9.78 Å². The molecule has 0 aliphatic carbocycles. The van der Waals surface area contributed by atoms with E-state index in [1.807, 2.05) is 6.07 Å². The summed E-state index contributed by atoms with van der Waals surface area (Å²) < 4.78 is 13.2. The lowest BCUT2D eigenvalue weighted by molar-refractivity contribution is 0.628. The van der Waals surface area contributed by atoms with Gasteiger partial charge in [0.1, 0.15) is 28.9 Å². The Hall–Kier alpha value is -3.05. The van der Waals surface area contributed by atoms with Gasteiger partial charge in [0.15, 0.2) is 4.77 Å². The summed E-state index contributed by atoms with van der Waals surface area (Å²) in [5, 5.41) is 9.48. The predicted molar refractivity (Wildman–Crippen MR) is 82.1 cm³/mol. The second-order valence-electron chi connectivity index (χ2n) is 4.50. The normalized spacial score (nSPS) is 10.5. The van der Waals surface area contributed by atoms with Gasteiger partial charge in [0, 0.05) is 5.56 Å². The topological polar surface area (TPSA) is 111 Å². The van der Waals surface area contributed by atoms with Crippen molar-refractivity contribution in [1.29, 1.82) is 5.26 Å². The van der Waals surface area contributed by atoms with E-state index >= 15 is 0 Å². The van der Waals surface area contributed by atoms with Crippen LogP contribution in [0.3, 0.4) is 0 Å². The lowest BCUT2D eigenvalue weighted by Gasteiger charge is -2.10. The number of halogens is 1. The lowest BCUT2D eigenvalue weighted by atomic mass is 9.98. The Balaban J connectivity index is 2.55. The highest BCUT2D eigenvalue weighted by Crippen LogP contribution is 2.31. The molecule has 22 heavy (non-hydrogen) atoms. The largest absolute Gasteiger partial charge is 0.383 e. The van der Waals surface area contributed by atoms with Crippen LogP contribution in [0.4, 0.5) is 10.2 Å². The molecule has 108 valence electrons. The maximum Gasteiger partial charge on any atom is 0.261 e. The molecule has 0 unspecified atom stereocenters. The van der Waals surface area contributed by atoms with Crippen LogP contribution in [0.5, 0.6) is 0 Å². The number of hydrogen-bond acceptors (Lipinski definition) is 5. The van der Waals surface area contributed by atoms with E-state index in [1.165, 1.54) is 24.3 Å². The first kappa shape index (κ1) is 13.9. The van der Waals surface area contributed by atoms with Crippen LogP contribution in [0.1, 0.15) is 5.56 Å². The number of fused-ring (bicyclic) bond motifs is 1. The van der Waals surface area contributed by atoms with Crippen molar-refractivity contribution in [3.8, 4) is 17.2 Å². The summed E-state index contributed by atoms with van der Waals surface area (Å²) in [7, 11) is 0. The van der Waals surface area contributed by atoms with Crippen molar-refractivity contribution in [2.75, 3.05) is 5.73 Å². The standard InChI is InChI=1S/C14H8FN5OS/c15-7-3-1-6(2-4-7)9-8(5-16)11(17)18-12-10(9)13(21)20-14(22)19-12/h1-4H,(H4,17,18,19,20,21,22). The number of nitrogen functional groups attached to an aromatic ring is 1. The molecule has 0 spiro atoms. The van der Waals surface area contributed by atoms with Crippen molar-refractivity contribution >= 4 is 29.1 Å². The molecule has 0 aliphatic heterocycles. The van der Waals surface area contributed by atoms with E-state index in [1.54, 1.807) is 0 Å². The fourth-order valence-electron chi connectivity index (χ4n) is 2.24. The quantitative estimate of drug-likeness (QED) is 0.597. The number of nitrogens with one attached hydrogen (secondary N) is 2. The maximum absolute atomic E-state index is 13.1. The number of nitrogens with two attached hydrogens (primary N) is 1. The summed E-state index contributed by atoms with van der Waals surface area (Å²) in [5.41, 5.74) is 6.28. The summed E-state index contributed by atoms with van der Waals surface area (Å²) in [5.74, 6) is -0.465. The molecule has 0 saturated heterocycles. The molecule has 0 amide bonds. The zero-order valence-corrected chi connectivity index (χ0v) is 11.8. The highest BCUT2D eigenvalue weighted by molar-refractivity contribution is 7.71. The summed E-state index contributed by atoms with van der Waals surface area (Å²) in [6.07, 6.45) is 0. The van der Waals surface area contributed by atoms with E-state index in [0.717, 1.165) is 0 Å². The van der Waals surface area contributed by atoms with Gasteiger partial charge in [-0.05, 0) is 29.9 Å². The zero-order chi connectivity index (χ0) is 15.9. The first-order chi connectivity index (χ1) is 10.5. The van der Waals surface area contributed by atoms with Gasteiger partial charge in [-0.2, -0.15) is 5.26 Å². The molecule has 3 aromatic rings. The molecule has 2 heterocycles. The molecule has 2 aromatic heterocycles. The molecule has 6 nitrogen and oxygen atoms in total. The van der Waals surface area contributed by atoms with E-state index in [-0.39, 0.29) is 32.7 Å². The minimum Gasteiger partial charge on any atom is -0.383 e. The van der Waals surface area contributed by atoms with Crippen molar-refractivity contribution < 1.29 is 4.39 Å². The number of benzene rings is 1. The van der Waals surface area contributed by atoms with Gasteiger partial charge in [0.2, 0.25) is 0 Å². The van der Waals surface area contributed by atoms with Gasteiger partial charge in [-0.1, -0.05) is 12.1 Å². The van der Waals surface area contributed by atoms with Crippen molar-refractivity contribution in [1.82, 2.24) is 15.0 Å². The molecule has 1 aromatic carbocycles. The van der Waals surface area contributed by atoms with E-state index in [4.69, 9.17) is 18.0 Å². The Morgan fingerprint density at radius 1 is 1.27 bits per heavy atom. The van der Waals surface area contributed by atoms with Crippen LogP contribution in [-0.4, -0.2) is 15.0 Å². The SMILES string of the molecule is N#Cc1c(N)nc2[nH]c(=S)[nH]c(=O)c2c1-c1ccc(F)cc1. The molecule has 0 bridgehead atoms. The van der Waals surface area contributed by atoms with E-state index in [9.17, 15) is 14.4 Å².